The minimum absolute atomic E-state index is 0.342. The van der Waals surface area contributed by atoms with Crippen molar-refractivity contribution < 1.29 is 9.90 Å². The first-order valence-corrected chi connectivity index (χ1v) is 5.70. The summed E-state index contributed by atoms with van der Waals surface area (Å²) in [6.07, 6.45) is 4.89. The number of rotatable bonds is 4. The zero-order valence-corrected chi connectivity index (χ0v) is 9.28. The van der Waals surface area contributed by atoms with Crippen molar-refractivity contribution >= 4 is 17.3 Å². The minimum Gasteiger partial charge on any atom is -0.477 e. The smallest absolute Gasteiger partial charge is 0.347 e. The molecule has 0 aliphatic heterocycles. The maximum Gasteiger partial charge on any atom is 0.347 e. The van der Waals surface area contributed by atoms with E-state index >= 15 is 0 Å². The van der Waals surface area contributed by atoms with Gasteiger partial charge < -0.3 is 5.11 Å². The summed E-state index contributed by atoms with van der Waals surface area (Å²) >= 11 is 1.17. The van der Waals surface area contributed by atoms with Gasteiger partial charge in [-0.1, -0.05) is 0 Å². The summed E-state index contributed by atoms with van der Waals surface area (Å²) in [5.74, 6) is -0.896. The van der Waals surface area contributed by atoms with Crippen LogP contribution in [0.4, 0.5) is 0 Å². The van der Waals surface area contributed by atoms with E-state index in [9.17, 15) is 4.79 Å². The van der Waals surface area contributed by atoms with Gasteiger partial charge in [0.1, 0.15) is 4.88 Å². The number of aryl methyl sites for hydroxylation is 2. The van der Waals surface area contributed by atoms with Crippen molar-refractivity contribution in [2.45, 2.75) is 12.8 Å². The van der Waals surface area contributed by atoms with E-state index in [2.05, 4.69) is 9.97 Å². The first-order valence-electron chi connectivity index (χ1n) is 4.82. The van der Waals surface area contributed by atoms with Crippen LogP contribution in [0.5, 0.6) is 0 Å². The number of aromatic nitrogens is 2. The third-order valence-corrected chi connectivity index (χ3v) is 3.09. The molecule has 0 aliphatic rings. The first kappa shape index (κ1) is 10.8. The lowest BCUT2D eigenvalue weighted by Crippen LogP contribution is -2.00. The molecule has 2 heterocycles. The maximum atomic E-state index is 10.9. The Kier molecular flexibility index (Phi) is 3.26. The molecule has 0 aromatic carbocycles. The number of hydrogen-bond acceptors (Lipinski definition) is 4. The Hall–Kier alpha value is -1.75. The summed E-state index contributed by atoms with van der Waals surface area (Å²) in [6.45, 7) is 0. The van der Waals surface area contributed by atoms with E-state index in [4.69, 9.17) is 5.11 Å². The van der Waals surface area contributed by atoms with Gasteiger partial charge >= 0.3 is 5.97 Å². The lowest BCUT2D eigenvalue weighted by molar-refractivity contribution is 0.0700. The number of nitrogens with zero attached hydrogens (tertiary/aromatic N) is 2. The van der Waals surface area contributed by atoms with Crippen molar-refractivity contribution in [2.24, 2.45) is 0 Å². The summed E-state index contributed by atoms with van der Waals surface area (Å²) in [7, 11) is 0. The zero-order valence-electron chi connectivity index (χ0n) is 8.46. The number of carboxylic acids is 1. The number of hydrogen-bond donors (Lipinski definition) is 1. The highest BCUT2D eigenvalue weighted by Crippen LogP contribution is 2.15. The van der Waals surface area contributed by atoms with Gasteiger partial charge in [-0.05, 0) is 30.5 Å². The Morgan fingerprint density at radius 1 is 1.31 bits per heavy atom. The van der Waals surface area contributed by atoms with Crippen LogP contribution in [0.2, 0.25) is 0 Å². The third-order valence-electron chi connectivity index (χ3n) is 2.24. The number of thiazole rings is 1. The average Bonchev–Trinajstić information content (AvgIpc) is 2.76. The Balaban J connectivity index is 2.05. The molecule has 0 aliphatic carbocycles. The van der Waals surface area contributed by atoms with E-state index < -0.39 is 5.97 Å². The van der Waals surface area contributed by atoms with Gasteiger partial charge in [0, 0.05) is 12.4 Å². The minimum atomic E-state index is -0.896. The monoisotopic (exact) mass is 234 g/mol. The highest BCUT2D eigenvalue weighted by Gasteiger charge is 2.12. The SMILES string of the molecule is O=C(O)c1scnc1CCc1ccncc1. The topological polar surface area (TPSA) is 63.1 Å². The van der Waals surface area contributed by atoms with Crippen molar-refractivity contribution in [3.05, 3.63) is 46.2 Å². The first-order chi connectivity index (χ1) is 7.77. The van der Waals surface area contributed by atoms with Crippen LogP contribution in [0.3, 0.4) is 0 Å². The van der Waals surface area contributed by atoms with Crippen LogP contribution in [0.15, 0.2) is 30.0 Å². The molecule has 5 heteroatoms. The Bertz CT molecular complexity index is 482. The molecule has 0 amide bonds. The van der Waals surface area contributed by atoms with Crippen LogP contribution in [0.25, 0.3) is 0 Å². The van der Waals surface area contributed by atoms with E-state index in [1.54, 1.807) is 17.9 Å². The van der Waals surface area contributed by atoms with Crippen molar-refractivity contribution in [3.8, 4) is 0 Å². The molecule has 1 N–H and O–H groups in total. The Morgan fingerprint density at radius 3 is 2.75 bits per heavy atom. The number of pyridine rings is 1. The highest BCUT2D eigenvalue weighted by molar-refractivity contribution is 7.11. The van der Waals surface area contributed by atoms with Gasteiger partial charge in [-0.25, -0.2) is 9.78 Å². The zero-order chi connectivity index (χ0) is 11.4. The fourth-order valence-electron chi connectivity index (χ4n) is 1.43. The molecule has 0 atom stereocenters. The predicted octanol–water partition coefficient (Wildman–Crippen LogP) is 2.02. The molecule has 2 aromatic heterocycles. The van der Waals surface area contributed by atoms with Gasteiger partial charge in [0.15, 0.2) is 0 Å². The Morgan fingerprint density at radius 2 is 2.06 bits per heavy atom. The van der Waals surface area contributed by atoms with Gasteiger partial charge in [0.2, 0.25) is 0 Å². The third kappa shape index (κ3) is 2.43. The van der Waals surface area contributed by atoms with Crippen molar-refractivity contribution in [1.82, 2.24) is 9.97 Å². The Labute approximate surface area is 96.6 Å². The summed E-state index contributed by atoms with van der Waals surface area (Å²) in [4.78, 5) is 19.2. The molecular formula is C11H10N2O2S. The second kappa shape index (κ2) is 4.85. The van der Waals surface area contributed by atoms with E-state index in [0.717, 1.165) is 12.0 Å². The van der Waals surface area contributed by atoms with E-state index in [1.165, 1.54) is 11.3 Å². The second-order valence-corrected chi connectivity index (χ2v) is 4.14. The largest absolute Gasteiger partial charge is 0.477 e. The molecule has 0 fully saturated rings. The quantitative estimate of drug-likeness (QED) is 0.879. The summed E-state index contributed by atoms with van der Waals surface area (Å²) in [5, 5.41) is 8.91. The molecule has 16 heavy (non-hydrogen) atoms. The molecule has 4 nitrogen and oxygen atoms in total. The van der Waals surface area contributed by atoms with Crippen LogP contribution in [-0.2, 0) is 12.8 Å². The molecule has 0 bridgehead atoms. The molecule has 2 aromatic rings. The molecule has 82 valence electrons. The van der Waals surface area contributed by atoms with Crippen LogP contribution >= 0.6 is 11.3 Å². The normalized spacial score (nSPS) is 10.2. The van der Waals surface area contributed by atoms with E-state index in [0.29, 0.717) is 17.0 Å². The molecular weight excluding hydrogens is 224 g/mol. The van der Waals surface area contributed by atoms with Gasteiger partial charge in [-0.2, -0.15) is 0 Å². The van der Waals surface area contributed by atoms with Gasteiger partial charge in [-0.15, -0.1) is 11.3 Å². The maximum absolute atomic E-state index is 10.9. The van der Waals surface area contributed by atoms with Gasteiger partial charge in [-0.3, -0.25) is 4.98 Å². The van der Waals surface area contributed by atoms with Crippen LogP contribution in [0.1, 0.15) is 20.9 Å². The van der Waals surface area contributed by atoms with Gasteiger partial charge in [0.25, 0.3) is 0 Å². The van der Waals surface area contributed by atoms with Crippen LogP contribution in [0, 0.1) is 0 Å². The summed E-state index contributed by atoms with van der Waals surface area (Å²) in [6, 6.07) is 3.85. The number of carboxylic acid groups (broad SMARTS) is 1. The summed E-state index contributed by atoms with van der Waals surface area (Å²) < 4.78 is 0. The number of carbonyl (C=O) groups is 1. The van der Waals surface area contributed by atoms with E-state index in [1.807, 2.05) is 12.1 Å². The summed E-state index contributed by atoms with van der Waals surface area (Å²) in [5.41, 5.74) is 3.37. The van der Waals surface area contributed by atoms with Crippen LogP contribution in [-0.4, -0.2) is 21.0 Å². The highest BCUT2D eigenvalue weighted by atomic mass is 32.1. The second-order valence-electron chi connectivity index (χ2n) is 3.29. The fraction of sp³-hybridized carbons (Fsp3) is 0.182. The molecule has 0 radical (unpaired) electrons. The van der Waals surface area contributed by atoms with Crippen molar-refractivity contribution in [2.75, 3.05) is 0 Å². The number of aromatic carboxylic acids is 1. The van der Waals surface area contributed by atoms with Gasteiger partial charge in [0.05, 0.1) is 11.2 Å². The molecule has 0 saturated carbocycles. The molecule has 2 rings (SSSR count). The average molecular weight is 234 g/mol. The predicted molar refractivity (Wildman–Crippen MR) is 60.7 cm³/mol. The van der Waals surface area contributed by atoms with Crippen LogP contribution < -0.4 is 0 Å². The molecule has 0 spiro atoms. The van der Waals surface area contributed by atoms with E-state index in [-0.39, 0.29) is 0 Å². The van der Waals surface area contributed by atoms with Crippen molar-refractivity contribution in [1.29, 1.82) is 0 Å². The molecule has 0 saturated heterocycles. The lowest BCUT2D eigenvalue weighted by Gasteiger charge is -1.99. The van der Waals surface area contributed by atoms with Crippen molar-refractivity contribution in [3.63, 3.8) is 0 Å². The molecule has 0 unspecified atom stereocenters. The standard InChI is InChI=1S/C11H10N2O2S/c14-11(15)10-9(13-7-16-10)2-1-8-3-5-12-6-4-8/h3-7H,1-2H2,(H,14,15). The lowest BCUT2D eigenvalue weighted by atomic mass is 10.1. The fourth-order valence-corrected chi connectivity index (χ4v) is 2.11.